The molecule has 1 aromatic heterocycles. The van der Waals surface area contributed by atoms with Crippen LogP contribution in [0.1, 0.15) is 32.3 Å². The maximum atomic E-state index is 12.3. The van der Waals surface area contributed by atoms with E-state index in [4.69, 9.17) is 0 Å². The maximum absolute atomic E-state index is 12.3. The lowest BCUT2D eigenvalue weighted by Crippen LogP contribution is -2.32. The van der Waals surface area contributed by atoms with Crippen LogP contribution in [0, 0.1) is 0 Å². The highest BCUT2D eigenvalue weighted by molar-refractivity contribution is 7.89. The van der Waals surface area contributed by atoms with Gasteiger partial charge in [-0.15, -0.1) is 0 Å². The molecule has 20 heavy (non-hydrogen) atoms. The van der Waals surface area contributed by atoms with E-state index in [1.54, 1.807) is 12.4 Å². The van der Waals surface area contributed by atoms with Crippen LogP contribution < -0.4 is 5.32 Å². The van der Waals surface area contributed by atoms with E-state index in [-0.39, 0.29) is 5.75 Å². The van der Waals surface area contributed by atoms with Crippen molar-refractivity contribution in [2.24, 2.45) is 0 Å². The summed E-state index contributed by atoms with van der Waals surface area (Å²) in [5.41, 5.74) is 0.970. The van der Waals surface area contributed by atoms with Crippen molar-refractivity contribution in [2.45, 2.75) is 33.2 Å². The van der Waals surface area contributed by atoms with E-state index in [0.29, 0.717) is 19.5 Å². The summed E-state index contributed by atoms with van der Waals surface area (Å²) < 4.78 is 26.1. The summed E-state index contributed by atoms with van der Waals surface area (Å²) in [4.78, 5) is 3.94. The van der Waals surface area contributed by atoms with Gasteiger partial charge < -0.3 is 5.32 Å². The van der Waals surface area contributed by atoms with Crippen molar-refractivity contribution in [3.05, 3.63) is 30.1 Å². The third-order valence-electron chi connectivity index (χ3n) is 3.11. The van der Waals surface area contributed by atoms with Crippen LogP contribution in [0.5, 0.6) is 0 Å². The molecule has 1 aromatic rings. The number of unbranched alkanes of at least 4 members (excludes halogenated alkanes) is 1. The number of rotatable bonds is 10. The highest BCUT2D eigenvalue weighted by Gasteiger charge is 2.19. The topological polar surface area (TPSA) is 62.3 Å². The molecule has 0 saturated heterocycles. The maximum Gasteiger partial charge on any atom is 0.214 e. The predicted octanol–water partition coefficient (Wildman–Crippen LogP) is 1.62. The highest BCUT2D eigenvalue weighted by atomic mass is 32.2. The molecule has 0 spiro atoms. The largest absolute Gasteiger partial charge is 0.317 e. The van der Waals surface area contributed by atoms with Gasteiger partial charge in [-0.25, -0.2) is 8.42 Å². The molecule has 0 unspecified atom stereocenters. The smallest absolute Gasteiger partial charge is 0.214 e. The Labute approximate surface area is 122 Å². The Balaban J connectivity index is 2.50. The Morgan fingerprint density at radius 3 is 2.50 bits per heavy atom. The summed E-state index contributed by atoms with van der Waals surface area (Å²) in [6, 6.07) is 3.70. The van der Waals surface area contributed by atoms with Gasteiger partial charge in [-0.2, -0.15) is 4.31 Å². The van der Waals surface area contributed by atoms with Crippen molar-refractivity contribution in [2.75, 3.05) is 25.4 Å². The number of nitrogens with one attached hydrogen (secondary N) is 1. The Bertz CT molecular complexity index is 463. The van der Waals surface area contributed by atoms with Crippen molar-refractivity contribution in [3.63, 3.8) is 0 Å². The van der Waals surface area contributed by atoms with E-state index < -0.39 is 10.0 Å². The molecule has 6 heteroatoms. The van der Waals surface area contributed by atoms with E-state index in [0.717, 1.165) is 25.1 Å². The second kappa shape index (κ2) is 9.05. The van der Waals surface area contributed by atoms with Gasteiger partial charge in [0.2, 0.25) is 10.0 Å². The molecule has 1 heterocycles. The van der Waals surface area contributed by atoms with Crippen LogP contribution in [0.4, 0.5) is 0 Å². The Kier molecular flexibility index (Phi) is 7.72. The summed E-state index contributed by atoms with van der Waals surface area (Å²) in [6.45, 7) is 6.65. The number of hydrogen-bond acceptors (Lipinski definition) is 4. The van der Waals surface area contributed by atoms with E-state index in [2.05, 4.69) is 10.3 Å². The van der Waals surface area contributed by atoms with E-state index in [9.17, 15) is 8.42 Å². The number of nitrogens with zero attached hydrogens (tertiary/aromatic N) is 2. The summed E-state index contributed by atoms with van der Waals surface area (Å²) in [5, 5.41) is 3.20. The van der Waals surface area contributed by atoms with Gasteiger partial charge in [-0.1, -0.05) is 13.8 Å². The molecular formula is C14H25N3O2S. The minimum Gasteiger partial charge on any atom is -0.317 e. The van der Waals surface area contributed by atoms with Crippen molar-refractivity contribution in [3.8, 4) is 0 Å². The molecule has 0 aliphatic rings. The summed E-state index contributed by atoms with van der Waals surface area (Å²) >= 11 is 0. The molecule has 0 aliphatic heterocycles. The van der Waals surface area contributed by atoms with Gasteiger partial charge in [0.15, 0.2) is 0 Å². The molecule has 0 fully saturated rings. The molecule has 0 radical (unpaired) electrons. The molecule has 0 aliphatic carbocycles. The summed E-state index contributed by atoms with van der Waals surface area (Å²) in [5.74, 6) is 0.220. The van der Waals surface area contributed by atoms with Crippen LogP contribution in [-0.4, -0.2) is 43.1 Å². The SMILES string of the molecule is CCNCCCCS(=O)(=O)N(CC)Cc1ccncc1. The monoisotopic (exact) mass is 299 g/mol. The third-order valence-corrected chi connectivity index (χ3v) is 5.09. The molecule has 1 N–H and O–H groups in total. The zero-order chi connectivity index (χ0) is 14.8. The average molecular weight is 299 g/mol. The average Bonchev–Trinajstić information content (AvgIpc) is 2.45. The molecule has 0 atom stereocenters. The standard InChI is InChI=1S/C14H25N3O2S/c1-3-15-9-5-6-12-20(18,19)17(4-2)13-14-7-10-16-11-8-14/h7-8,10-11,15H,3-6,9,12-13H2,1-2H3. The molecule has 0 aromatic carbocycles. The summed E-state index contributed by atoms with van der Waals surface area (Å²) in [6.07, 6.45) is 4.96. The van der Waals surface area contributed by atoms with Crippen LogP contribution in [0.15, 0.2) is 24.5 Å². The first kappa shape index (κ1) is 17.1. The molecule has 1 rings (SSSR count). The number of hydrogen-bond donors (Lipinski definition) is 1. The lowest BCUT2D eigenvalue weighted by Gasteiger charge is -2.20. The Morgan fingerprint density at radius 1 is 1.20 bits per heavy atom. The number of sulfonamides is 1. The summed E-state index contributed by atoms with van der Waals surface area (Å²) in [7, 11) is -3.17. The first-order valence-electron chi connectivity index (χ1n) is 7.17. The minimum atomic E-state index is -3.17. The van der Waals surface area contributed by atoms with Crippen molar-refractivity contribution in [1.82, 2.24) is 14.6 Å². The van der Waals surface area contributed by atoms with E-state index in [1.807, 2.05) is 26.0 Å². The number of aromatic nitrogens is 1. The first-order valence-corrected chi connectivity index (χ1v) is 8.78. The van der Waals surface area contributed by atoms with Crippen molar-refractivity contribution >= 4 is 10.0 Å². The molecule has 0 bridgehead atoms. The highest BCUT2D eigenvalue weighted by Crippen LogP contribution is 2.10. The Hall–Kier alpha value is -0.980. The minimum absolute atomic E-state index is 0.220. The predicted molar refractivity (Wildman–Crippen MR) is 81.9 cm³/mol. The van der Waals surface area contributed by atoms with Gasteiger partial charge in [-0.3, -0.25) is 4.98 Å². The second-order valence-electron chi connectivity index (χ2n) is 4.66. The molecule has 0 saturated carbocycles. The van der Waals surface area contributed by atoms with E-state index >= 15 is 0 Å². The van der Waals surface area contributed by atoms with Gasteiger partial charge >= 0.3 is 0 Å². The quantitative estimate of drug-likeness (QED) is 0.667. The molecule has 0 amide bonds. The van der Waals surface area contributed by atoms with Gasteiger partial charge in [0.05, 0.1) is 5.75 Å². The Morgan fingerprint density at radius 2 is 1.90 bits per heavy atom. The van der Waals surface area contributed by atoms with Crippen LogP contribution in [0.25, 0.3) is 0 Å². The van der Waals surface area contributed by atoms with Gasteiger partial charge in [0, 0.05) is 25.5 Å². The fourth-order valence-electron chi connectivity index (χ4n) is 1.94. The van der Waals surface area contributed by atoms with Crippen LogP contribution in [0.3, 0.4) is 0 Å². The van der Waals surface area contributed by atoms with Crippen molar-refractivity contribution in [1.29, 1.82) is 0 Å². The molecule has 5 nitrogen and oxygen atoms in total. The zero-order valence-electron chi connectivity index (χ0n) is 12.4. The second-order valence-corrected chi connectivity index (χ2v) is 6.75. The van der Waals surface area contributed by atoms with Gasteiger partial charge in [0.1, 0.15) is 0 Å². The molecule has 114 valence electrons. The normalized spacial score (nSPS) is 11.9. The van der Waals surface area contributed by atoms with Gasteiger partial charge in [0.25, 0.3) is 0 Å². The van der Waals surface area contributed by atoms with Crippen LogP contribution in [-0.2, 0) is 16.6 Å². The van der Waals surface area contributed by atoms with Crippen molar-refractivity contribution < 1.29 is 8.42 Å². The molecular weight excluding hydrogens is 274 g/mol. The van der Waals surface area contributed by atoms with Crippen LogP contribution in [0.2, 0.25) is 0 Å². The lowest BCUT2D eigenvalue weighted by molar-refractivity contribution is 0.421. The third kappa shape index (κ3) is 5.98. The van der Waals surface area contributed by atoms with Crippen LogP contribution >= 0.6 is 0 Å². The first-order chi connectivity index (χ1) is 9.60. The fourth-order valence-corrected chi connectivity index (χ4v) is 3.51. The number of pyridine rings is 1. The van der Waals surface area contributed by atoms with E-state index in [1.165, 1.54) is 4.31 Å². The lowest BCUT2D eigenvalue weighted by atomic mass is 10.3. The zero-order valence-corrected chi connectivity index (χ0v) is 13.2. The van der Waals surface area contributed by atoms with Gasteiger partial charge in [-0.05, 0) is 43.6 Å². The fraction of sp³-hybridized carbons (Fsp3) is 0.643.